The Hall–Kier alpha value is -1.33. The molecule has 60 valence electrons. The third-order valence-electron chi connectivity index (χ3n) is 1.30. The van der Waals surface area contributed by atoms with Crippen LogP contribution in [0.2, 0.25) is 5.02 Å². The molecule has 0 aliphatic carbocycles. The topological polar surface area (TPSA) is 23.8 Å². The fraction of sp³-hybridized carbons (Fsp3) is 0. The molecule has 1 aromatic carbocycles. The van der Waals surface area contributed by atoms with Gasteiger partial charge in [0, 0.05) is 16.7 Å². The Morgan fingerprint density at radius 2 is 2.25 bits per heavy atom. The van der Waals surface area contributed by atoms with Crippen molar-refractivity contribution in [1.29, 1.82) is 5.26 Å². The first-order valence-corrected chi connectivity index (χ1v) is 3.63. The van der Waals surface area contributed by atoms with Gasteiger partial charge in [-0.25, -0.2) is 4.39 Å². The van der Waals surface area contributed by atoms with E-state index in [1.165, 1.54) is 30.4 Å². The lowest BCUT2D eigenvalue weighted by Crippen LogP contribution is -1.80. The van der Waals surface area contributed by atoms with Gasteiger partial charge in [0.1, 0.15) is 5.82 Å². The van der Waals surface area contributed by atoms with Gasteiger partial charge >= 0.3 is 0 Å². The van der Waals surface area contributed by atoms with E-state index in [1.54, 1.807) is 6.07 Å². The van der Waals surface area contributed by atoms with Crippen LogP contribution in [0, 0.1) is 17.1 Å². The molecule has 0 radical (unpaired) electrons. The van der Waals surface area contributed by atoms with Gasteiger partial charge in [0.05, 0.1) is 6.07 Å². The average Bonchev–Trinajstić information content (AvgIpc) is 2.07. The maximum atomic E-state index is 12.9. The molecule has 0 saturated heterocycles. The van der Waals surface area contributed by atoms with Crippen molar-refractivity contribution in [3.8, 4) is 6.07 Å². The van der Waals surface area contributed by atoms with Gasteiger partial charge in [-0.15, -0.1) is 0 Å². The summed E-state index contributed by atoms with van der Waals surface area (Å²) < 4.78 is 12.9. The number of nitriles is 1. The van der Waals surface area contributed by atoms with E-state index in [2.05, 4.69) is 0 Å². The van der Waals surface area contributed by atoms with Crippen molar-refractivity contribution in [1.82, 2.24) is 0 Å². The van der Waals surface area contributed by atoms with Gasteiger partial charge in [-0.2, -0.15) is 5.26 Å². The van der Waals surface area contributed by atoms with Crippen LogP contribution in [0.25, 0.3) is 6.08 Å². The second-order valence-electron chi connectivity index (χ2n) is 2.13. The Kier molecular flexibility index (Phi) is 2.84. The number of nitrogens with zero attached hydrogens (tertiary/aromatic N) is 1. The molecule has 0 fully saturated rings. The zero-order valence-corrected chi connectivity index (χ0v) is 6.85. The quantitative estimate of drug-likeness (QED) is 0.611. The molecule has 3 heteroatoms. The summed E-state index contributed by atoms with van der Waals surface area (Å²) in [5.41, 5.74) is 0.323. The third kappa shape index (κ3) is 2.08. The van der Waals surface area contributed by atoms with Gasteiger partial charge in [-0.1, -0.05) is 11.6 Å². The van der Waals surface area contributed by atoms with Gasteiger partial charge in [-0.3, -0.25) is 0 Å². The molecule has 1 aromatic rings. The fourth-order valence-electron chi connectivity index (χ4n) is 0.769. The summed E-state index contributed by atoms with van der Waals surface area (Å²) >= 11 is 5.61. The Labute approximate surface area is 74.7 Å². The lowest BCUT2D eigenvalue weighted by molar-refractivity contribution is 0.625. The van der Waals surface area contributed by atoms with Crippen LogP contribution < -0.4 is 0 Å². The van der Waals surface area contributed by atoms with E-state index >= 15 is 0 Å². The predicted molar refractivity (Wildman–Crippen MR) is 46.1 cm³/mol. The van der Waals surface area contributed by atoms with Gasteiger partial charge in [-0.05, 0) is 24.3 Å². The number of benzene rings is 1. The standard InChI is InChI=1S/C9H5ClFN/c10-8-3-4-9(11)7(6-8)2-1-5-12/h1-4,6H/b2-1+. The summed E-state index contributed by atoms with van der Waals surface area (Å²) in [4.78, 5) is 0. The van der Waals surface area contributed by atoms with E-state index in [4.69, 9.17) is 16.9 Å². The van der Waals surface area contributed by atoms with E-state index in [0.717, 1.165) is 0 Å². The molecule has 12 heavy (non-hydrogen) atoms. The first kappa shape index (κ1) is 8.76. The molecule has 0 heterocycles. The van der Waals surface area contributed by atoms with E-state index in [9.17, 15) is 4.39 Å². The molecule has 0 aliphatic rings. The molecule has 1 nitrogen and oxygen atoms in total. The molecule has 0 N–H and O–H groups in total. The van der Waals surface area contributed by atoms with Crippen molar-refractivity contribution in [3.05, 3.63) is 40.7 Å². The van der Waals surface area contributed by atoms with Crippen LogP contribution in [0.3, 0.4) is 0 Å². The number of halogens is 2. The van der Waals surface area contributed by atoms with Crippen LogP contribution in [0.4, 0.5) is 4.39 Å². The highest BCUT2D eigenvalue weighted by molar-refractivity contribution is 6.30. The Bertz CT molecular complexity index is 352. The molecular formula is C9H5ClFN. The first-order valence-electron chi connectivity index (χ1n) is 3.25. The molecule has 0 spiro atoms. The Morgan fingerprint density at radius 1 is 1.50 bits per heavy atom. The summed E-state index contributed by atoms with van der Waals surface area (Å²) in [6, 6.07) is 5.96. The second kappa shape index (κ2) is 3.89. The number of hydrogen-bond acceptors (Lipinski definition) is 1. The maximum absolute atomic E-state index is 12.9. The molecular weight excluding hydrogens is 177 g/mol. The highest BCUT2D eigenvalue weighted by atomic mass is 35.5. The lowest BCUT2D eigenvalue weighted by atomic mass is 10.2. The second-order valence-corrected chi connectivity index (χ2v) is 2.56. The minimum absolute atomic E-state index is 0.323. The monoisotopic (exact) mass is 181 g/mol. The molecule has 1 rings (SSSR count). The summed E-state index contributed by atoms with van der Waals surface area (Å²) in [5, 5.41) is 8.65. The highest BCUT2D eigenvalue weighted by Gasteiger charge is 1.97. The normalized spacial score (nSPS) is 10.1. The average molecular weight is 182 g/mol. The summed E-state index contributed by atoms with van der Waals surface area (Å²) in [7, 11) is 0. The van der Waals surface area contributed by atoms with E-state index in [-0.39, 0.29) is 5.82 Å². The smallest absolute Gasteiger partial charge is 0.130 e. The van der Waals surface area contributed by atoms with Crippen molar-refractivity contribution in [2.45, 2.75) is 0 Å². The summed E-state index contributed by atoms with van der Waals surface area (Å²) in [6.45, 7) is 0. The lowest BCUT2D eigenvalue weighted by Gasteiger charge is -1.95. The van der Waals surface area contributed by atoms with Gasteiger partial charge in [0.15, 0.2) is 0 Å². The van der Waals surface area contributed by atoms with Crippen molar-refractivity contribution < 1.29 is 4.39 Å². The Morgan fingerprint density at radius 3 is 2.92 bits per heavy atom. The minimum atomic E-state index is -0.383. The van der Waals surface area contributed by atoms with Crippen molar-refractivity contribution >= 4 is 17.7 Å². The van der Waals surface area contributed by atoms with E-state index in [1.807, 2.05) is 0 Å². The number of allylic oxidation sites excluding steroid dienone is 1. The molecule has 0 saturated carbocycles. The van der Waals surface area contributed by atoms with Crippen LogP contribution in [0.1, 0.15) is 5.56 Å². The highest BCUT2D eigenvalue weighted by Crippen LogP contribution is 2.15. The molecule has 0 amide bonds. The van der Waals surface area contributed by atoms with Crippen LogP contribution in [0.5, 0.6) is 0 Å². The van der Waals surface area contributed by atoms with Crippen LogP contribution >= 0.6 is 11.6 Å². The minimum Gasteiger partial charge on any atom is -0.206 e. The molecule has 0 aromatic heterocycles. The van der Waals surface area contributed by atoms with Gasteiger partial charge in [0.2, 0.25) is 0 Å². The van der Waals surface area contributed by atoms with Crippen molar-refractivity contribution in [3.63, 3.8) is 0 Å². The predicted octanol–water partition coefficient (Wildman–Crippen LogP) is 3.02. The van der Waals surface area contributed by atoms with Gasteiger partial charge in [0.25, 0.3) is 0 Å². The molecule has 0 bridgehead atoms. The Balaban J connectivity index is 3.07. The van der Waals surface area contributed by atoms with E-state index < -0.39 is 0 Å². The molecule has 0 unspecified atom stereocenters. The molecule has 0 atom stereocenters. The van der Waals surface area contributed by atoms with Crippen molar-refractivity contribution in [2.75, 3.05) is 0 Å². The zero-order valence-electron chi connectivity index (χ0n) is 6.09. The van der Waals surface area contributed by atoms with Crippen LogP contribution in [-0.2, 0) is 0 Å². The van der Waals surface area contributed by atoms with Crippen LogP contribution in [0.15, 0.2) is 24.3 Å². The van der Waals surface area contributed by atoms with Crippen LogP contribution in [-0.4, -0.2) is 0 Å². The number of hydrogen-bond donors (Lipinski definition) is 0. The third-order valence-corrected chi connectivity index (χ3v) is 1.53. The molecule has 0 aliphatic heterocycles. The largest absolute Gasteiger partial charge is 0.206 e. The zero-order chi connectivity index (χ0) is 8.97. The summed E-state index contributed by atoms with van der Waals surface area (Å²) in [6.07, 6.45) is 2.58. The maximum Gasteiger partial charge on any atom is 0.130 e. The number of rotatable bonds is 1. The van der Waals surface area contributed by atoms with Crippen molar-refractivity contribution in [2.24, 2.45) is 0 Å². The fourth-order valence-corrected chi connectivity index (χ4v) is 0.950. The first-order chi connectivity index (χ1) is 5.74. The van der Waals surface area contributed by atoms with E-state index in [0.29, 0.717) is 10.6 Å². The summed E-state index contributed by atoms with van der Waals surface area (Å²) in [5.74, 6) is -0.383. The van der Waals surface area contributed by atoms with Gasteiger partial charge < -0.3 is 0 Å². The SMILES string of the molecule is N#C/C=C/c1cc(Cl)ccc1F.